The van der Waals surface area contributed by atoms with Gasteiger partial charge < -0.3 is 15.1 Å². The van der Waals surface area contributed by atoms with Crippen LogP contribution in [0, 0.1) is 0 Å². The van der Waals surface area contributed by atoms with Crippen molar-refractivity contribution in [1.29, 1.82) is 0 Å². The maximum atomic E-state index is 12.1. The molecule has 3 heterocycles. The van der Waals surface area contributed by atoms with E-state index in [4.69, 9.17) is 0 Å². The lowest BCUT2D eigenvalue weighted by Gasteiger charge is -2.04. The summed E-state index contributed by atoms with van der Waals surface area (Å²) in [6, 6.07) is 7.33. The highest BCUT2D eigenvalue weighted by Gasteiger charge is 2.16. The van der Waals surface area contributed by atoms with Gasteiger partial charge >= 0.3 is 5.97 Å². The number of H-pyrrole nitrogens is 2. The van der Waals surface area contributed by atoms with E-state index in [1.807, 2.05) is 31.4 Å². The molecule has 0 radical (unpaired) electrons. The average Bonchev–Trinajstić information content (AvgIpc) is 3.14. The zero-order chi connectivity index (χ0) is 16.1. The van der Waals surface area contributed by atoms with Gasteiger partial charge in [-0.15, -0.1) is 0 Å². The molecule has 4 rings (SSSR count). The number of hydrogen-bond donors (Lipinski definition) is 3. The van der Waals surface area contributed by atoms with Crippen LogP contribution < -0.4 is 5.56 Å². The zero-order valence-electron chi connectivity index (χ0n) is 12.1. The maximum Gasteiger partial charge on any atom is 0.337 e. The van der Waals surface area contributed by atoms with Crippen molar-refractivity contribution in [2.45, 2.75) is 0 Å². The molecule has 23 heavy (non-hydrogen) atoms. The molecule has 0 atom stereocenters. The van der Waals surface area contributed by atoms with E-state index in [1.54, 1.807) is 10.7 Å². The molecule has 3 aromatic heterocycles. The smallest absolute Gasteiger partial charge is 0.337 e. The second-order valence-corrected chi connectivity index (χ2v) is 5.35. The molecule has 0 aliphatic heterocycles. The molecule has 1 aromatic carbocycles. The van der Waals surface area contributed by atoms with E-state index in [0.29, 0.717) is 16.3 Å². The van der Waals surface area contributed by atoms with E-state index in [-0.39, 0.29) is 16.6 Å². The minimum absolute atomic E-state index is 0.0780. The molecule has 0 unspecified atom stereocenters. The Bertz CT molecular complexity index is 1130. The second-order valence-electron chi connectivity index (χ2n) is 5.35. The van der Waals surface area contributed by atoms with Gasteiger partial charge in [-0.05, 0) is 18.2 Å². The van der Waals surface area contributed by atoms with Gasteiger partial charge in [0.15, 0.2) is 0 Å². The normalized spacial score (nSPS) is 11.3. The standard InChI is InChI=1S/C16H12N4O3/c1-20-5-4-11(19-20)8-2-3-12-9(6-8)13-10(16(22)23)7-17-14(13)15(21)18-12/h2-7,17H,1H3,(H,18,21)(H,22,23). The Labute approximate surface area is 129 Å². The molecule has 0 aliphatic carbocycles. The number of rotatable bonds is 2. The fourth-order valence-electron chi connectivity index (χ4n) is 2.82. The summed E-state index contributed by atoms with van der Waals surface area (Å²) in [7, 11) is 1.83. The van der Waals surface area contributed by atoms with Crippen molar-refractivity contribution >= 4 is 27.8 Å². The predicted octanol–water partition coefficient (Wildman–Crippen LogP) is 2.11. The molecule has 3 N–H and O–H groups in total. The van der Waals surface area contributed by atoms with Crippen LogP contribution in [-0.4, -0.2) is 30.8 Å². The van der Waals surface area contributed by atoms with Crippen molar-refractivity contribution in [3.8, 4) is 11.3 Å². The lowest BCUT2D eigenvalue weighted by atomic mass is 10.0. The maximum absolute atomic E-state index is 12.1. The summed E-state index contributed by atoms with van der Waals surface area (Å²) in [6.45, 7) is 0. The topological polar surface area (TPSA) is 104 Å². The van der Waals surface area contributed by atoms with Crippen molar-refractivity contribution in [1.82, 2.24) is 19.7 Å². The largest absolute Gasteiger partial charge is 0.478 e. The van der Waals surface area contributed by atoms with Crippen LogP contribution in [0.5, 0.6) is 0 Å². The molecular formula is C16H12N4O3. The first-order chi connectivity index (χ1) is 11.0. The first-order valence-electron chi connectivity index (χ1n) is 6.95. The Kier molecular flexibility index (Phi) is 2.65. The van der Waals surface area contributed by atoms with Gasteiger partial charge in [0.25, 0.3) is 5.56 Å². The number of nitrogens with zero attached hydrogens (tertiary/aromatic N) is 2. The van der Waals surface area contributed by atoms with E-state index in [2.05, 4.69) is 15.1 Å². The Morgan fingerprint density at radius 2 is 2.13 bits per heavy atom. The number of hydrogen-bond acceptors (Lipinski definition) is 3. The number of aryl methyl sites for hydroxylation is 1. The molecule has 0 spiro atoms. The summed E-state index contributed by atoms with van der Waals surface area (Å²) in [5.41, 5.74) is 2.21. The van der Waals surface area contributed by atoms with Crippen LogP contribution >= 0.6 is 0 Å². The lowest BCUT2D eigenvalue weighted by molar-refractivity contribution is 0.0699. The Morgan fingerprint density at radius 1 is 1.30 bits per heavy atom. The van der Waals surface area contributed by atoms with Crippen LogP contribution in [0.15, 0.2) is 41.5 Å². The summed E-state index contributed by atoms with van der Waals surface area (Å²) in [5, 5.41) is 14.8. The number of carbonyl (C=O) groups is 1. The van der Waals surface area contributed by atoms with Crippen LogP contribution in [0.3, 0.4) is 0 Å². The van der Waals surface area contributed by atoms with Crippen LogP contribution in [-0.2, 0) is 7.05 Å². The van der Waals surface area contributed by atoms with Gasteiger partial charge in [-0.25, -0.2) is 4.79 Å². The quantitative estimate of drug-likeness (QED) is 0.527. The van der Waals surface area contributed by atoms with Crippen molar-refractivity contribution in [2.75, 3.05) is 0 Å². The number of aromatic amines is 2. The number of carboxylic acid groups (broad SMARTS) is 1. The molecular weight excluding hydrogens is 296 g/mol. The van der Waals surface area contributed by atoms with E-state index >= 15 is 0 Å². The predicted molar refractivity (Wildman–Crippen MR) is 85.6 cm³/mol. The first kappa shape index (κ1) is 13.3. The number of aromatic carboxylic acids is 1. The van der Waals surface area contributed by atoms with Crippen LogP contribution in [0.25, 0.3) is 33.1 Å². The van der Waals surface area contributed by atoms with Crippen molar-refractivity contribution in [3.63, 3.8) is 0 Å². The van der Waals surface area contributed by atoms with Gasteiger partial charge in [0.05, 0.1) is 11.3 Å². The second kappa shape index (κ2) is 4.57. The molecule has 0 bridgehead atoms. The van der Waals surface area contributed by atoms with Gasteiger partial charge in [-0.3, -0.25) is 9.48 Å². The fourth-order valence-corrected chi connectivity index (χ4v) is 2.82. The number of pyridine rings is 1. The number of carboxylic acids is 1. The molecule has 7 heteroatoms. The third-order valence-corrected chi connectivity index (χ3v) is 3.88. The van der Waals surface area contributed by atoms with E-state index in [9.17, 15) is 14.7 Å². The molecule has 4 aromatic rings. The van der Waals surface area contributed by atoms with Gasteiger partial charge in [0.2, 0.25) is 0 Å². The molecule has 0 aliphatic rings. The average molecular weight is 308 g/mol. The highest BCUT2D eigenvalue weighted by atomic mass is 16.4. The highest BCUT2D eigenvalue weighted by Crippen LogP contribution is 2.28. The minimum atomic E-state index is -1.08. The Balaban J connectivity index is 2.12. The first-order valence-corrected chi connectivity index (χ1v) is 6.95. The van der Waals surface area contributed by atoms with Crippen LogP contribution in [0.1, 0.15) is 10.4 Å². The molecule has 7 nitrogen and oxygen atoms in total. The summed E-state index contributed by atoms with van der Waals surface area (Å²) in [6.07, 6.45) is 3.18. The van der Waals surface area contributed by atoms with E-state index < -0.39 is 5.97 Å². The van der Waals surface area contributed by atoms with Crippen molar-refractivity contribution < 1.29 is 9.90 Å². The number of aromatic nitrogens is 4. The van der Waals surface area contributed by atoms with Crippen molar-refractivity contribution in [2.24, 2.45) is 7.05 Å². The zero-order valence-corrected chi connectivity index (χ0v) is 12.1. The van der Waals surface area contributed by atoms with E-state index in [0.717, 1.165) is 11.3 Å². The lowest BCUT2D eigenvalue weighted by Crippen LogP contribution is -2.07. The Morgan fingerprint density at radius 3 is 2.83 bits per heavy atom. The minimum Gasteiger partial charge on any atom is -0.478 e. The number of nitrogens with one attached hydrogen (secondary N) is 2. The molecule has 0 amide bonds. The van der Waals surface area contributed by atoms with Gasteiger partial charge in [0.1, 0.15) is 5.52 Å². The molecule has 0 saturated carbocycles. The van der Waals surface area contributed by atoms with Gasteiger partial charge in [-0.2, -0.15) is 5.10 Å². The summed E-state index contributed by atoms with van der Waals surface area (Å²) >= 11 is 0. The SMILES string of the molecule is Cn1ccc(-c2ccc3[nH]c(=O)c4[nH]cc(C(=O)O)c4c3c2)n1. The third kappa shape index (κ3) is 1.94. The Hall–Kier alpha value is -3.35. The number of benzene rings is 1. The van der Waals surface area contributed by atoms with Crippen LogP contribution in [0.2, 0.25) is 0 Å². The third-order valence-electron chi connectivity index (χ3n) is 3.88. The van der Waals surface area contributed by atoms with Crippen LogP contribution in [0.4, 0.5) is 0 Å². The van der Waals surface area contributed by atoms with Gasteiger partial charge in [0, 0.05) is 41.3 Å². The molecule has 114 valence electrons. The van der Waals surface area contributed by atoms with Crippen molar-refractivity contribution in [3.05, 3.63) is 52.6 Å². The summed E-state index contributed by atoms with van der Waals surface area (Å²) < 4.78 is 1.70. The summed E-state index contributed by atoms with van der Waals surface area (Å²) in [4.78, 5) is 29.0. The molecule has 0 saturated heterocycles. The number of fused-ring (bicyclic) bond motifs is 3. The fraction of sp³-hybridized carbons (Fsp3) is 0.0625. The van der Waals surface area contributed by atoms with E-state index in [1.165, 1.54) is 6.20 Å². The molecule has 0 fully saturated rings. The highest BCUT2D eigenvalue weighted by molar-refractivity contribution is 6.15. The monoisotopic (exact) mass is 308 g/mol. The summed E-state index contributed by atoms with van der Waals surface area (Å²) in [5.74, 6) is -1.08. The van der Waals surface area contributed by atoms with Gasteiger partial charge in [-0.1, -0.05) is 6.07 Å².